The summed E-state index contributed by atoms with van der Waals surface area (Å²) in [5.74, 6) is -0.326. The van der Waals surface area contributed by atoms with Gasteiger partial charge in [-0.3, -0.25) is 18.8 Å². The number of nitrogens with one attached hydrogen (secondary N) is 1. The number of ether oxygens (including phenoxy) is 1. The lowest BCUT2D eigenvalue weighted by Crippen LogP contribution is -2.42. The van der Waals surface area contributed by atoms with Crippen molar-refractivity contribution in [1.82, 2.24) is 24.6 Å². The average Bonchev–Trinajstić information content (AvgIpc) is 2.86. The van der Waals surface area contributed by atoms with Crippen molar-refractivity contribution in [2.45, 2.75) is 51.0 Å². The number of rotatable bonds is 5. The number of amides is 1. The Balaban J connectivity index is 1.61. The fourth-order valence-corrected chi connectivity index (χ4v) is 3.71. The molecule has 142 valence electrons. The van der Waals surface area contributed by atoms with Gasteiger partial charge >= 0.3 is 6.61 Å². The van der Waals surface area contributed by atoms with Crippen LogP contribution in [-0.2, 0) is 23.1 Å². The van der Waals surface area contributed by atoms with Crippen LogP contribution in [0.3, 0.4) is 0 Å². The monoisotopic (exact) mass is 433 g/mol. The molecule has 1 saturated carbocycles. The summed E-state index contributed by atoms with van der Waals surface area (Å²) in [6.07, 6.45) is 2.89. The second-order valence-electron chi connectivity index (χ2n) is 6.23. The first-order chi connectivity index (χ1) is 12.3. The highest BCUT2D eigenvalue weighted by Crippen LogP contribution is 2.23. The number of halogens is 3. The average molecular weight is 434 g/mol. The van der Waals surface area contributed by atoms with Crippen LogP contribution in [0.2, 0.25) is 0 Å². The fourth-order valence-electron chi connectivity index (χ4n) is 3.18. The van der Waals surface area contributed by atoms with E-state index in [9.17, 15) is 18.4 Å². The quantitative estimate of drug-likeness (QED) is 0.772. The molecule has 2 aromatic rings. The zero-order chi connectivity index (χ0) is 18.8. The summed E-state index contributed by atoms with van der Waals surface area (Å²) in [6.45, 7) is -2.94. The van der Waals surface area contributed by atoms with Gasteiger partial charge in [-0.2, -0.15) is 13.9 Å². The van der Waals surface area contributed by atoms with Crippen LogP contribution in [0.15, 0.2) is 15.7 Å². The SMILES string of the molecule is Cn1nc(Br)c2ncn(CC(=O)N[C@H]3CC[C@H](OC(F)F)CC3)c(=O)c21. The van der Waals surface area contributed by atoms with Gasteiger partial charge in [0.05, 0.1) is 12.4 Å². The predicted octanol–water partition coefficient (Wildman–Crippen LogP) is 1.56. The zero-order valence-electron chi connectivity index (χ0n) is 14.0. The summed E-state index contributed by atoms with van der Waals surface area (Å²) < 4.78 is 32.0. The van der Waals surface area contributed by atoms with Gasteiger partial charge in [-0.15, -0.1) is 0 Å². The maximum Gasteiger partial charge on any atom is 0.345 e. The topological polar surface area (TPSA) is 91.0 Å². The highest BCUT2D eigenvalue weighted by atomic mass is 79.9. The van der Waals surface area contributed by atoms with Crippen molar-refractivity contribution in [3.63, 3.8) is 0 Å². The minimum atomic E-state index is -2.77. The van der Waals surface area contributed by atoms with E-state index >= 15 is 0 Å². The lowest BCUT2D eigenvalue weighted by Gasteiger charge is -2.28. The van der Waals surface area contributed by atoms with Gasteiger partial charge in [0.2, 0.25) is 5.91 Å². The molecule has 0 bridgehead atoms. The maximum absolute atomic E-state index is 12.5. The second-order valence-corrected chi connectivity index (χ2v) is 6.98. The van der Waals surface area contributed by atoms with Crippen molar-refractivity contribution in [3.05, 3.63) is 21.3 Å². The minimum Gasteiger partial charge on any atom is -0.352 e. The number of aryl methyl sites for hydroxylation is 1. The molecular formula is C15H18BrF2N5O3. The van der Waals surface area contributed by atoms with E-state index in [0.717, 1.165) is 0 Å². The molecule has 2 aromatic heterocycles. The van der Waals surface area contributed by atoms with Crippen LogP contribution in [0.4, 0.5) is 8.78 Å². The fraction of sp³-hybridized carbons (Fsp3) is 0.600. The molecule has 0 unspecified atom stereocenters. The van der Waals surface area contributed by atoms with Crippen LogP contribution in [0.25, 0.3) is 11.0 Å². The van der Waals surface area contributed by atoms with E-state index in [1.807, 2.05) is 0 Å². The molecule has 1 aliphatic carbocycles. The third-order valence-corrected chi connectivity index (χ3v) is 4.95. The number of carbonyl (C=O) groups is 1. The number of hydrogen-bond acceptors (Lipinski definition) is 5. The van der Waals surface area contributed by atoms with Crippen molar-refractivity contribution in [2.24, 2.45) is 7.05 Å². The highest BCUT2D eigenvalue weighted by Gasteiger charge is 2.25. The minimum absolute atomic E-state index is 0.113. The van der Waals surface area contributed by atoms with Crippen LogP contribution in [-0.4, -0.2) is 44.0 Å². The molecule has 0 saturated heterocycles. The van der Waals surface area contributed by atoms with E-state index in [-0.39, 0.29) is 24.1 Å². The Morgan fingerprint density at radius 1 is 1.42 bits per heavy atom. The lowest BCUT2D eigenvalue weighted by atomic mass is 9.93. The van der Waals surface area contributed by atoms with Crippen LogP contribution in [0.1, 0.15) is 25.7 Å². The third kappa shape index (κ3) is 4.09. The zero-order valence-corrected chi connectivity index (χ0v) is 15.6. The Hall–Kier alpha value is -1.88. The standard InChI is InChI=1S/C15H18BrF2N5O3/c1-22-12-11(13(16)21-22)19-7-23(14(12)25)6-10(24)20-8-2-4-9(5-3-8)26-15(17)18/h7-9,15H,2-6H2,1H3,(H,20,24)/t8-,9-. The Kier molecular flexibility index (Phi) is 5.66. The number of alkyl halides is 2. The Labute approximate surface area is 155 Å². The molecule has 1 amide bonds. The molecular weight excluding hydrogens is 416 g/mol. The summed E-state index contributed by atoms with van der Waals surface area (Å²) in [5, 5.41) is 6.92. The van der Waals surface area contributed by atoms with E-state index in [0.29, 0.717) is 41.3 Å². The molecule has 1 fully saturated rings. The van der Waals surface area contributed by atoms with Crippen LogP contribution >= 0.6 is 15.9 Å². The molecule has 8 nitrogen and oxygen atoms in total. The van der Waals surface area contributed by atoms with Gasteiger partial charge in [-0.05, 0) is 41.6 Å². The van der Waals surface area contributed by atoms with E-state index in [2.05, 4.69) is 36.1 Å². The van der Waals surface area contributed by atoms with Gasteiger partial charge in [0, 0.05) is 13.1 Å². The van der Waals surface area contributed by atoms with Crippen molar-refractivity contribution < 1.29 is 18.3 Å². The number of aromatic nitrogens is 4. The van der Waals surface area contributed by atoms with E-state index < -0.39 is 12.7 Å². The second kappa shape index (κ2) is 7.78. The van der Waals surface area contributed by atoms with Gasteiger partial charge in [-0.25, -0.2) is 4.98 Å². The van der Waals surface area contributed by atoms with Crippen LogP contribution in [0.5, 0.6) is 0 Å². The molecule has 0 aromatic carbocycles. The van der Waals surface area contributed by atoms with Crippen LogP contribution < -0.4 is 10.9 Å². The van der Waals surface area contributed by atoms with E-state index in [1.165, 1.54) is 15.6 Å². The summed E-state index contributed by atoms with van der Waals surface area (Å²) in [6, 6.07) is -0.113. The maximum atomic E-state index is 12.5. The summed E-state index contributed by atoms with van der Waals surface area (Å²) in [4.78, 5) is 28.9. The van der Waals surface area contributed by atoms with Gasteiger partial charge in [0.25, 0.3) is 5.56 Å². The third-order valence-electron chi connectivity index (χ3n) is 4.42. The van der Waals surface area contributed by atoms with Crippen molar-refractivity contribution in [3.8, 4) is 0 Å². The first-order valence-corrected chi connectivity index (χ1v) is 8.95. The first kappa shape index (κ1) is 18.9. The molecule has 0 atom stereocenters. The van der Waals surface area contributed by atoms with Gasteiger partial charge in [-0.1, -0.05) is 0 Å². The predicted molar refractivity (Wildman–Crippen MR) is 91.7 cm³/mol. The molecule has 2 heterocycles. The molecule has 0 spiro atoms. The number of nitrogens with zero attached hydrogens (tertiary/aromatic N) is 4. The lowest BCUT2D eigenvalue weighted by molar-refractivity contribution is -0.170. The van der Waals surface area contributed by atoms with Crippen LogP contribution in [0, 0.1) is 0 Å². The molecule has 0 aliphatic heterocycles. The molecule has 26 heavy (non-hydrogen) atoms. The Bertz CT molecular complexity index is 861. The molecule has 3 rings (SSSR count). The Morgan fingerprint density at radius 2 is 2.12 bits per heavy atom. The molecule has 1 N–H and O–H groups in total. The van der Waals surface area contributed by atoms with Crippen molar-refractivity contribution in [2.75, 3.05) is 0 Å². The smallest absolute Gasteiger partial charge is 0.345 e. The van der Waals surface area contributed by atoms with Gasteiger partial charge in [0.1, 0.15) is 12.1 Å². The van der Waals surface area contributed by atoms with E-state index in [1.54, 1.807) is 7.05 Å². The highest BCUT2D eigenvalue weighted by molar-refractivity contribution is 9.10. The molecule has 1 aliphatic rings. The van der Waals surface area contributed by atoms with Gasteiger partial charge < -0.3 is 10.1 Å². The number of fused-ring (bicyclic) bond motifs is 1. The summed E-state index contributed by atoms with van der Waals surface area (Å²) >= 11 is 3.23. The first-order valence-electron chi connectivity index (χ1n) is 8.15. The summed E-state index contributed by atoms with van der Waals surface area (Å²) in [5.41, 5.74) is 0.378. The number of hydrogen-bond donors (Lipinski definition) is 1. The van der Waals surface area contributed by atoms with Gasteiger partial charge in [0.15, 0.2) is 10.1 Å². The molecule has 0 radical (unpaired) electrons. The normalized spacial score (nSPS) is 20.7. The van der Waals surface area contributed by atoms with E-state index in [4.69, 9.17) is 0 Å². The van der Waals surface area contributed by atoms with Crippen molar-refractivity contribution in [1.29, 1.82) is 0 Å². The Morgan fingerprint density at radius 3 is 2.77 bits per heavy atom. The summed E-state index contributed by atoms with van der Waals surface area (Å²) in [7, 11) is 1.63. The number of carbonyl (C=O) groups excluding carboxylic acids is 1. The van der Waals surface area contributed by atoms with Crippen molar-refractivity contribution >= 4 is 32.9 Å². The molecule has 11 heteroatoms. The largest absolute Gasteiger partial charge is 0.352 e.